The molecule has 0 aliphatic rings. The Bertz CT molecular complexity index is 1150. The van der Waals surface area contributed by atoms with Gasteiger partial charge in [-0.25, -0.2) is 12.7 Å². The summed E-state index contributed by atoms with van der Waals surface area (Å²) in [6.45, 7) is 6.53. The third-order valence-electron chi connectivity index (χ3n) is 4.99. The van der Waals surface area contributed by atoms with Gasteiger partial charge in [0.25, 0.3) is 10.0 Å². The van der Waals surface area contributed by atoms with Crippen molar-refractivity contribution in [3.63, 3.8) is 0 Å². The monoisotopic (exact) mass is 467 g/mol. The van der Waals surface area contributed by atoms with E-state index in [0.29, 0.717) is 31.1 Å². The lowest BCUT2D eigenvalue weighted by molar-refractivity contribution is -0.117. The number of nitrogens with zero attached hydrogens (tertiary/aromatic N) is 1. The van der Waals surface area contributed by atoms with Gasteiger partial charge in [-0.15, -0.1) is 0 Å². The second-order valence-electron chi connectivity index (χ2n) is 7.67. The third kappa shape index (κ3) is 6.35. The third-order valence-corrected chi connectivity index (χ3v) is 6.76. The Morgan fingerprint density at radius 2 is 1.30 bits per heavy atom. The molecular weight excluding hydrogens is 438 g/mol. The van der Waals surface area contributed by atoms with Gasteiger partial charge >= 0.3 is 0 Å². The zero-order valence-electron chi connectivity index (χ0n) is 19.2. The summed E-state index contributed by atoms with van der Waals surface area (Å²) < 4.78 is 38.9. The van der Waals surface area contributed by atoms with Gasteiger partial charge in [0.15, 0.2) is 0 Å². The van der Waals surface area contributed by atoms with Crippen LogP contribution in [0.4, 0.5) is 5.69 Å². The van der Waals surface area contributed by atoms with Crippen LogP contribution in [0.25, 0.3) is 0 Å². The van der Waals surface area contributed by atoms with Gasteiger partial charge in [0.05, 0.1) is 23.8 Å². The van der Waals surface area contributed by atoms with Gasteiger partial charge in [-0.1, -0.05) is 35.4 Å². The minimum Gasteiger partial charge on any atom is -0.494 e. The quantitative estimate of drug-likeness (QED) is 0.379. The maximum absolute atomic E-state index is 13.4. The number of sulfonamides is 1. The van der Waals surface area contributed by atoms with Crippen LogP contribution in [0.5, 0.6) is 11.5 Å². The van der Waals surface area contributed by atoms with Gasteiger partial charge < -0.3 is 9.47 Å². The first-order chi connectivity index (χ1) is 15.8. The molecule has 0 atom stereocenters. The number of aryl methyl sites for hydroxylation is 2. The number of rotatable bonds is 10. The molecule has 0 aliphatic heterocycles. The molecule has 33 heavy (non-hydrogen) atoms. The van der Waals surface area contributed by atoms with Crippen LogP contribution >= 0.6 is 0 Å². The number of carbonyl (C=O) groups excluding carboxylic acids is 1. The maximum Gasteiger partial charge on any atom is 0.270 e. The SMILES string of the molecule is CCOc1ccc(N(C(=O)CCCOc2ccc(C)cc2)S(=O)(=O)c2ccc(C)cc2)cc1. The van der Waals surface area contributed by atoms with Gasteiger partial charge in [0.2, 0.25) is 5.91 Å². The highest BCUT2D eigenvalue weighted by molar-refractivity contribution is 7.93. The molecule has 0 saturated heterocycles. The zero-order valence-corrected chi connectivity index (χ0v) is 20.0. The molecule has 1 amide bonds. The Balaban J connectivity index is 1.79. The Morgan fingerprint density at radius 1 is 0.788 bits per heavy atom. The van der Waals surface area contributed by atoms with E-state index < -0.39 is 15.9 Å². The smallest absolute Gasteiger partial charge is 0.270 e. The number of carbonyl (C=O) groups is 1. The predicted octanol–water partition coefficient (Wildman–Crippen LogP) is 5.28. The average Bonchev–Trinajstić information content (AvgIpc) is 2.79. The second-order valence-corrected chi connectivity index (χ2v) is 9.45. The van der Waals surface area contributed by atoms with Crippen molar-refractivity contribution in [1.29, 1.82) is 0 Å². The van der Waals surface area contributed by atoms with E-state index in [2.05, 4.69) is 0 Å². The Hall–Kier alpha value is -3.32. The number of amides is 1. The van der Waals surface area contributed by atoms with Crippen molar-refractivity contribution in [2.24, 2.45) is 0 Å². The van der Waals surface area contributed by atoms with E-state index in [0.717, 1.165) is 15.4 Å². The lowest BCUT2D eigenvalue weighted by atomic mass is 10.2. The van der Waals surface area contributed by atoms with E-state index in [-0.39, 0.29) is 17.0 Å². The fraction of sp³-hybridized carbons (Fsp3) is 0.269. The van der Waals surface area contributed by atoms with Crippen molar-refractivity contribution >= 4 is 21.6 Å². The van der Waals surface area contributed by atoms with Crippen molar-refractivity contribution in [3.8, 4) is 11.5 Å². The summed E-state index contributed by atoms with van der Waals surface area (Å²) in [5.74, 6) is 0.795. The number of anilines is 1. The summed E-state index contributed by atoms with van der Waals surface area (Å²) in [5, 5.41) is 0. The Morgan fingerprint density at radius 3 is 1.88 bits per heavy atom. The molecule has 3 aromatic carbocycles. The molecule has 0 bridgehead atoms. The molecular formula is C26H29NO5S. The summed E-state index contributed by atoms with van der Waals surface area (Å²) in [4.78, 5) is 13.2. The first-order valence-electron chi connectivity index (χ1n) is 10.9. The van der Waals surface area contributed by atoms with Crippen LogP contribution in [0.1, 0.15) is 30.9 Å². The highest BCUT2D eigenvalue weighted by atomic mass is 32.2. The molecule has 0 aromatic heterocycles. The van der Waals surface area contributed by atoms with Gasteiger partial charge in [-0.3, -0.25) is 4.79 Å². The maximum atomic E-state index is 13.4. The zero-order chi connectivity index (χ0) is 23.8. The van der Waals surface area contributed by atoms with Crippen molar-refractivity contribution < 1.29 is 22.7 Å². The van der Waals surface area contributed by atoms with Crippen LogP contribution in [-0.2, 0) is 14.8 Å². The lowest BCUT2D eigenvalue weighted by Gasteiger charge is -2.23. The largest absolute Gasteiger partial charge is 0.494 e. The molecule has 0 spiro atoms. The lowest BCUT2D eigenvalue weighted by Crippen LogP contribution is -2.37. The van der Waals surface area contributed by atoms with Crippen molar-refractivity contribution in [2.75, 3.05) is 17.5 Å². The number of benzene rings is 3. The first-order valence-corrected chi connectivity index (χ1v) is 12.3. The minimum atomic E-state index is -4.09. The standard InChI is InChI=1S/C26H29NO5S/c1-4-31-23-15-11-22(12-16-23)27(33(29,30)25-17-9-21(3)10-18-25)26(28)6-5-19-32-24-13-7-20(2)8-14-24/h7-18H,4-6,19H2,1-3H3. The molecule has 0 aliphatic carbocycles. The van der Waals surface area contributed by atoms with Gasteiger partial charge in [0.1, 0.15) is 11.5 Å². The molecule has 0 radical (unpaired) electrons. The topological polar surface area (TPSA) is 72.9 Å². The van der Waals surface area contributed by atoms with Crippen molar-refractivity contribution in [1.82, 2.24) is 0 Å². The molecule has 3 rings (SSSR count). The molecule has 0 N–H and O–H groups in total. The molecule has 0 fully saturated rings. The van der Waals surface area contributed by atoms with Crippen LogP contribution in [0.15, 0.2) is 77.7 Å². The summed E-state index contributed by atoms with van der Waals surface area (Å²) in [6, 6.07) is 20.6. The van der Waals surface area contributed by atoms with Crippen LogP contribution in [0, 0.1) is 13.8 Å². The van der Waals surface area contributed by atoms with Gasteiger partial charge in [-0.05, 0) is 75.7 Å². The van der Waals surface area contributed by atoms with E-state index in [4.69, 9.17) is 9.47 Å². The molecule has 0 unspecified atom stereocenters. The first kappa shape index (κ1) is 24.3. The fourth-order valence-electron chi connectivity index (χ4n) is 3.23. The highest BCUT2D eigenvalue weighted by Gasteiger charge is 2.30. The average molecular weight is 468 g/mol. The molecule has 6 nitrogen and oxygen atoms in total. The van der Waals surface area contributed by atoms with E-state index in [1.54, 1.807) is 36.4 Å². The summed E-state index contributed by atoms with van der Waals surface area (Å²) in [6.07, 6.45) is 0.397. The molecule has 0 saturated carbocycles. The van der Waals surface area contributed by atoms with E-state index in [1.807, 2.05) is 45.0 Å². The molecule has 3 aromatic rings. The number of ether oxygens (including phenoxy) is 2. The summed E-state index contributed by atoms with van der Waals surface area (Å²) >= 11 is 0. The Labute approximate surface area is 195 Å². The number of hydrogen-bond acceptors (Lipinski definition) is 5. The number of hydrogen-bond donors (Lipinski definition) is 0. The highest BCUT2D eigenvalue weighted by Crippen LogP contribution is 2.27. The summed E-state index contributed by atoms with van der Waals surface area (Å²) in [7, 11) is -4.09. The van der Waals surface area contributed by atoms with Gasteiger partial charge in [-0.2, -0.15) is 0 Å². The van der Waals surface area contributed by atoms with E-state index in [1.165, 1.54) is 12.1 Å². The Kier molecular flexibility index (Phi) is 8.11. The minimum absolute atomic E-state index is 0.0180. The second kappa shape index (κ2) is 11.0. The molecule has 7 heteroatoms. The molecule has 0 heterocycles. The van der Waals surface area contributed by atoms with Crippen LogP contribution < -0.4 is 13.8 Å². The normalized spacial score (nSPS) is 11.1. The fourth-order valence-corrected chi connectivity index (χ4v) is 4.68. The van der Waals surface area contributed by atoms with Crippen molar-refractivity contribution in [3.05, 3.63) is 83.9 Å². The van der Waals surface area contributed by atoms with Gasteiger partial charge in [0, 0.05) is 6.42 Å². The molecule has 174 valence electrons. The van der Waals surface area contributed by atoms with E-state index in [9.17, 15) is 13.2 Å². The van der Waals surface area contributed by atoms with E-state index >= 15 is 0 Å². The predicted molar refractivity (Wildman–Crippen MR) is 129 cm³/mol. The summed E-state index contributed by atoms with van der Waals surface area (Å²) in [5.41, 5.74) is 2.33. The van der Waals surface area contributed by atoms with Crippen LogP contribution in [0.3, 0.4) is 0 Å². The van der Waals surface area contributed by atoms with Crippen molar-refractivity contribution in [2.45, 2.75) is 38.5 Å². The van der Waals surface area contributed by atoms with Crippen LogP contribution in [-0.4, -0.2) is 27.5 Å². The van der Waals surface area contributed by atoms with Crippen LogP contribution in [0.2, 0.25) is 0 Å².